The zero-order valence-corrected chi connectivity index (χ0v) is 10.4. The van der Waals surface area contributed by atoms with Gasteiger partial charge in [0.05, 0.1) is 0 Å². The normalized spacial score (nSPS) is 12.8. The van der Waals surface area contributed by atoms with Gasteiger partial charge in [0.15, 0.2) is 0 Å². The molecule has 1 atom stereocenters. The third-order valence-electron chi connectivity index (χ3n) is 2.70. The average Bonchev–Trinajstić information content (AvgIpc) is 2.14. The molecule has 1 aromatic rings. The second-order valence-electron chi connectivity index (χ2n) is 4.49. The van der Waals surface area contributed by atoms with Gasteiger partial charge >= 0.3 is 0 Å². The van der Waals surface area contributed by atoms with E-state index in [2.05, 4.69) is 51.2 Å². The fourth-order valence-corrected chi connectivity index (χ4v) is 2.05. The quantitative estimate of drug-likeness (QED) is 0.778. The number of hydrogen-bond acceptors (Lipinski definition) is 1. The molecule has 1 unspecified atom stereocenters. The molecular weight excluding hydrogens is 182 g/mol. The van der Waals surface area contributed by atoms with Gasteiger partial charge in [0.25, 0.3) is 0 Å². The molecule has 15 heavy (non-hydrogen) atoms. The maximum absolute atomic E-state index is 3.44. The van der Waals surface area contributed by atoms with Crippen molar-refractivity contribution in [1.29, 1.82) is 0 Å². The molecule has 0 aliphatic heterocycles. The van der Waals surface area contributed by atoms with E-state index in [0.717, 1.165) is 6.54 Å². The van der Waals surface area contributed by atoms with E-state index in [1.807, 2.05) is 0 Å². The van der Waals surface area contributed by atoms with Crippen molar-refractivity contribution in [3.8, 4) is 0 Å². The summed E-state index contributed by atoms with van der Waals surface area (Å²) in [6, 6.07) is 7.45. The zero-order chi connectivity index (χ0) is 11.3. The van der Waals surface area contributed by atoms with E-state index < -0.39 is 0 Å². The van der Waals surface area contributed by atoms with Gasteiger partial charge < -0.3 is 5.32 Å². The number of rotatable bonds is 5. The van der Waals surface area contributed by atoms with Gasteiger partial charge in [0, 0.05) is 6.04 Å². The molecule has 0 bridgehead atoms. The van der Waals surface area contributed by atoms with Crippen LogP contribution >= 0.6 is 0 Å². The molecule has 0 aliphatic carbocycles. The van der Waals surface area contributed by atoms with E-state index in [1.165, 1.54) is 29.5 Å². The summed E-state index contributed by atoms with van der Waals surface area (Å²) >= 11 is 0. The predicted octanol–water partition coefficient (Wildman–Crippen LogP) is 3.23. The molecule has 84 valence electrons. The van der Waals surface area contributed by atoms with Crippen LogP contribution in [0.1, 0.15) is 37.0 Å². The Labute approximate surface area is 93.9 Å². The van der Waals surface area contributed by atoms with Gasteiger partial charge in [-0.25, -0.2) is 0 Å². The van der Waals surface area contributed by atoms with Crippen LogP contribution in [0, 0.1) is 13.8 Å². The number of aryl methyl sites for hydroxylation is 3. The van der Waals surface area contributed by atoms with Crippen LogP contribution in [0.15, 0.2) is 18.2 Å². The zero-order valence-electron chi connectivity index (χ0n) is 10.4. The minimum atomic E-state index is 0.621. The summed E-state index contributed by atoms with van der Waals surface area (Å²) in [5.74, 6) is 0. The Bertz CT molecular complexity index is 284. The van der Waals surface area contributed by atoms with Gasteiger partial charge in [0.2, 0.25) is 0 Å². The third kappa shape index (κ3) is 4.48. The lowest BCUT2D eigenvalue weighted by Crippen LogP contribution is -2.25. The van der Waals surface area contributed by atoms with E-state index in [-0.39, 0.29) is 0 Å². The highest BCUT2D eigenvalue weighted by molar-refractivity contribution is 5.28. The highest BCUT2D eigenvalue weighted by Gasteiger charge is 2.01. The first-order valence-electron chi connectivity index (χ1n) is 5.92. The largest absolute Gasteiger partial charge is 0.315 e. The monoisotopic (exact) mass is 205 g/mol. The summed E-state index contributed by atoms with van der Waals surface area (Å²) in [6.07, 6.45) is 2.40. The summed E-state index contributed by atoms with van der Waals surface area (Å²) in [4.78, 5) is 0. The second kappa shape index (κ2) is 5.92. The predicted molar refractivity (Wildman–Crippen MR) is 67.4 cm³/mol. The molecule has 0 aromatic heterocycles. The number of nitrogens with one attached hydrogen (secondary N) is 1. The van der Waals surface area contributed by atoms with Gasteiger partial charge in [-0.05, 0) is 45.7 Å². The summed E-state index contributed by atoms with van der Waals surface area (Å²) in [6.45, 7) is 9.82. The standard InChI is InChI=1S/C14H23N/c1-5-15-13(4)6-7-14-9-11(2)8-12(3)10-14/h8-10,13,15H,5-7H2,1-4H3. The summed E-state index contributed by atoms with van der Waals surface area (Å²) in [5.41, 5.74) is 4.22. The van der Waals surface area contributed by atoms with Crippen molar-refractivity contribution in [2.45, 2.75) is 46.6 Å². The lowest BCUT2D eigenvalue weighted by atomic mass is 10.0. The van der Waals surface area contributed by atoms with Gasteiger partial charge in [0.1, 0.15) is 0 Å². The Morgan fingerprint density at radius 1 is 1.13 bits per heavy atom. The summed E-state index contributed by atoms with van der Waals surface area (Å²) in [5, 5.41) is 3.44. The lowest BCUT2D eigenvalue weighted by Gasteiger charge is -2.12. The van der Waals surface area contributed by atoms with Gasteiger partial charge in [-0.1, -0.05) is 36.2 Å². The molecule has 0 fully saturated rings. The van der Waals surface area contributed by atoms with Crippen LogP contribution in [-0.4, -0.2) is 12.6 Å². The SMILES string of the molecule is CCNC(C)CCc1cc(C)cc(C)c1. The van der Waals surface area contributed by atoms with Crippen LogP contribution in [0.5, 0.6) is 0 Å². The highest BCUT2D eigenvalue weighted by Crippen LogP contribution is 2.11. The Kier molecular flexibility index (Phi) is 4.83. The first-order valence-corrected chi connectivity index (χ1v) is 5.92. The van der Waals surface area contributed by atoms with Crippen molar-refractivity contribution in [2.75, 3.05) is 6.54 Å². The van der Waals surface area contributed by atoms with Crippen molar-refractivity contribution in [3.05, 3.63) is 34.9 Å². The van der Waals surface area contributed by atoms with Crippen LogP contribution in [0.4, 0.5) is 0 Å². The molecule has 0 spiro atoms. The molecule has 0 saturated carbocycles. The Morgan fingerprint density at radius 2 is 1.73 bits per heavy atom. The fraction of sp³-hybridized carbons (Fsp3) is 0.571. The maximum Gasteiger partial charge on any atom is 0.00417 e. The Balaban J connectivity index is 2.50. The van der Waals surface area contributed by atoms with Crippen LogP contribution in [-0.2, 0) is 6.42 Å². The second-order valence-corrected chi connectivity index (χ2v) is 4.49. The van der Waals surface area contributed by atoms with Crippen molar-refractivity contribution >= 4 is 0 Å². The van der Waals surface area contributed by atoms with Crippen LogP contribution in [0.3, 0.4) is 0 Å². The molecule has 1 rings (SSSR count). The Hall–Kier alpha value is -0.820. The third-order valence-corrected chi connectivity index (χ3v) is 2.70. The molecular formula is C14H23N. The van der Waals surface area contributed by atoms with Crippen LogP contribution < -0.4 is 5.32 Å². The molecule has 0 amide bonds. The Morgan fingerprint density at radius 3 is 2.27 bits per heavy atom. The van der Waals surface area contributed by atoms with E-state index in [1.54, 1.807) is 0 Å². The minimum absolute atomic E-state index is 0.621. The molecule has 1 nitrogen and oxygen atoms in total. The van der Waals surface area contributed by atoms with Crippen molar-refractivity contribution in [1.82, 2.24) is 5.32 Å². The first-order chi connectivity index (χ1) is 7.11. The average molecular weight is 205 g/mol. The molecule has 1 heteroatoms. The van der Waals surface area contributed by atoms with E-state index >= 15 is 0 Å². The maximum atomic E-state index is 3.44. The fourth-order valence-electron chi connectivity index (χ4n) is 2.05. The van der Waals surface area contributed by atoms with Crippen molar-refractivity contribution in [2.24, 2.45) is 0 Å². The van der Waals surface area contributed by atoms with Crippen LogP contribution in [0.2, 0.25) is 0 Å². The topological polar surface area (TPSA) is 12.0 Å². The lowest BCUT2D eigenvalue weighted by molar-refractivity contribution is 0.530. The molecule has 1 aromatic carbocycles. The highest BCUT2D eigenvalue weighted by atomic mass is 14.9. The van der Waals surface area contributed by atoms with Gasteiger partial charge in [-0.3, -0.25) is 0 Å². The molecule has 0 saturated heterocycles. The number of hydrogen-bond donors (Lipinski definition) is 1. The molecule has 0 heterocycles. The van der Waals surface area contributed by atoms with E-state index in [0.29, 0.717) is 6.04 Å². The van der Waals surface area contributed by atoms with Gasteiger partial charge in [-0.15, -0.1) is 0 Å². The number of benzene rings is 1. The molecule has 0 aliphatic rings. The molecule has 0 radical (unpaired) electrons. The molecule has 1 N–H and O–H groups in total. The van der Waals surface area contributed by atoms with Crippen molar-refractivity contribution < 1.29 is 0 Å². The van der Waals surface area contributed by atoms with Gasteiger partial charge in [-0.2, -0.15) is 0 Å². The summed E-state index contributed by atoms with van der Waals surface area (Å²) in [7, 11) is 0. The van der Waals surface area contributed by atoms with E-state index in [9.17, 15) is 0 Å². The van der Waals surface area contributed by atoms with E-state index in [4.69, 9.17) is 0 Å². The first kappa shape index (κ1) is 12.3. The smallest absolute Gasteiger partial charge is 0.00417 e. The van der Waals surface area contributed by atoms with Crippen LogP contribution in [0.25, 0.3) is 0 Å². The summed E-state index contributed by atoms with van der Waals surface area (Å²) < 4.78 is 0. The minimum Gasteiger partial charge on any atom is -0.315 e. The van der Waals surface area contributed by atoms with Crippen molar-refractivity contribution in [3.63, 3.8) is 0 Å².